The van der Waals surface area contributed by atoms with E-state index in [0.717, 1.165) is 23.1 Å². The molecule has 4 heteroatoms. The topological polar surface area (TPSA) is 38.3 Å². The number of hydrogen-bond donors (Lipinski definition) is 1. The summed E-state index contributed by atoms with van der Waals surface area (Å²) in [5, 5.41) is 3.14. The summed E-state index contributed by atoms with van der Waals surface area (Å²) < 4.78 is 6.60. The summed E-state index contributed by atoms with van der Waals surface area (Å²) in [7, 11) is 0. The van der Waals surface area contributed by atoms with Gasteiger partial charge in [0.15, 0.2) is 0 Å². The van der Waals surface area contributed by atoms with Gasteiger partial charge < -0.3 is 10.1 Å². The van der Waals surface area contributed by atoms with E-state index in [0.29, 0.717) is 11.5 Å². The van der Waals surface area contributed by atoms with E-state index in [1.165, 1.54) is 12.8 Å². The van der Waals surface area contributed by atoms with Crippen molar-refractivity contribution in [1.82, 2.24) is 5.32 Å². The number of aryl methyl sites for hydroxylation is 1. The van der Waals surface area contributed by atoms with Crippen LogP contribution in [0.5, 0.6) is 0 Å². The molecule has 0 aromatic heterocycles. The van der Waals surface area contributed by atoms with E-state index >= 15 is 0 Å². The number of nitrogens with one attached hydrogen (secondary N) is 1. The molecule has 1 aliphatic carbocycles. The van der Waals surface area contributed by atoms with Crippen molar-refractivity contribution < 1.29 is 9.53 Å². The number of ether oxygens (including phenoxy) is 1. The fraction of sp³-hybridized carbons (Fsp3) is 0.533. The molecular weight excluding hydrogens is 306 g/mol. The maximum atomic E-state index is 12.4. The number of rotatable bonds is 3. The van der Waals surface area contributed by atoms with Crippen molar-refractivity contribution in [1.29, 1.82) is 0 Å². The van der Waals surface area contributed by atoms with Gasteiger partial charge in [-0.05, 0) is 60.2 Å². The number of hydrogen-bond acceptors (Lipinski definition) is 2. The summed E-state index contributed by atoms with van der Waals surface area (Å²) >= 11 is 3.44. The van der Waals surface area contributed by atoms with E-state index in [1.54, 1.807) is 0 Å². The normalized spacial score (nSPS) is 26.4. The van der Waals surface area contributed by atoms with Crippen LogP contribution in [0.1, 0.15) is 35.2 Å². The Kier molecular flexibility index (Phi) is 3.63. The number of halogens is 1. The second-order valence-electron chi connectivity index (χ2n) is 5.52. The second kappa shape index (κ2) is 5.25. The van der Waals surface area contributed by atoms with Gasteiger partial charge in [0, 0.05) is 11.1 Å². The minimum absolute atomic E-state index is 0.00303. The highest BCUT2D eigenvalue weighted by Gasteiger charge is 2.41. The fourth-order valence-electron chi connectivity index (χ4n) is 2.71. The molecule has 3 rings (SSSR count). The fourth-order valence-corrected chi connectivity index (χ4v) is 3.14. The van der Waals surface area contributed by atoms with Crippen molar-refractivity contribution in [3.05, 3.63) is 33.8 Å². The molecule has 1 aromatic carbocycles. The highest BCUT2D eigenvalue weighted by molar-refractivity contribution is 9.10. The summed E-state index contributed by atoms with van der Waals surface area (Å²) in [4.78, 5) is 12.4. The Labute approximate surface area is 121 Å². The lowest BCUT2D eigenvalue weighted by Crippen LogP contribution is -2.41. The van der Waals surface area contributed by atoms with Gasteiger partial charge in [-0.2, -0.15) is 0 Å². The van der Waals surface area contributed by atoms with Gasteiger partial charge in [-0.3, -0.25) is 4.79 Å². The van der Waals surface area contributed by atoms with E-state index in [4.69, 9.17) is 4.74 Å². The van der Waals surface area contributed by atoms with Gasteiger partial charge in [0.25, 0.3) is 5.91 Å². The monoisotopic (exact) mass is 323 g/mol. The predicted molar refractivity (Wildman–Crippen MR) is 77.2 cm³/mol. The first kappa shape index (κ1) is 13.1. The molecule has 1 saturated carbocycles. The van der Waals surface area contributed by atoms with E-state index < -0.39 is 0 Å². The Morgan fingerprint density at radius 1 is 1.37 bits per heavy atom. The van der Waals surface area contributed by atoms with Gasteiger partial charge in [0.05, 0.1) is 17.7 Å². The molecule has 1 amide bonds. The van der Waals surface area contributed by atoms with Gasteiger partial charge in [-0.15, -0.1) is 0 Å². The van der Waals surface area contributed by atoms with E-state index in [1.807, 2.05) is 25.1 Å². The first-order chi connectivity index (χ1) is 9.15. The maximum Gasteiger partial charge on any atom is 0.252 e. The van der Waals surface area contributed by atoms with Crippen molar-refractivity contribution >= 4 is 21.8 Å². The predicted octanol–water partition coefficient (Wildman–Crippen LogP) is 3.05. The molecule has 3 nitrogen and oxygen atoms in total. The first-order valence-corrected chi connectivity index (χ1v) is 7.63. The average molecular weight is 324 g/mol. The van der Waals surface area contributed by atoms with Crippen LogP contribution in [0.15, 0.2) is 22.7 Å². The van der Waals surface area contributed by atoms with Crippen molar-refractivity contribution in [3.63, 3.8) is 0 Å². The molecule has 2 atom stereocenters. The van der Waals surface area contributed by atoms with E-state index in [-0.39, 0.29) is 18.1 Å². The molecule has 0 bridgehead atoms. The molecule has 102 valence electrons. The Bertz CT molecular complexity index is 499. The van der Waals surface area contributed by atoms with Crippen LogP contribution in [-0.2, 0) is 4.74 Å². The first-order valence-electron chi connectivity index (χ1n) is 6.84. The van der Waals surface area contributed by atoms with Crippen LogP contribution < -0.4 is 5.32 Å². The third kappa shape index (κ3) is 2.84. The summed E-state index contributed by atoms with van der Waals surface area (Å²) in [5.74, 6) is 0.658. The van der Waals surface area contributed by atoms with E-state index in [2.05, 4.69) is 21.2 Å². The number of carbonyl (C=O) groups is 1. The zero-order valence-corrected chi connectivity index (χ0v) is 12.6. The van der Waals surface area contributed by atoms with Crippen molar-refractivity contribution in [3.8, 4) is 0 Å². The average Bonchev–Trinajstić information content (AvgIpc) is 3.13. The smallest absolute Gasteiger partial charge is 0.252 e. The van der Waals surface area contributed by atoms with Gasteiger partial charge in [0.1, 0.15) is 0 Å². The number of carbonyl (C=O) groups excluding carboxylic acids is 1. The molecule has 0 spiro atoms. The molecule has 1 N–H and O–H groups in total. The summed E-state index contributed by atoms with van der Waals surface area (Å²) in [5.41, 5.74) is 1.80. The van der Waals surface area contributed by atoms with Gasteiger partial charge in [-0.1, -0.05) is 11.6 Å². The van der Waals surface area contributed by atoms with Crippen LogP contribution in [0.4, 0.5) is 0 Å². The summed E-state index contributed by atoms with van der Waals surface area (Å²) in [6.07, 6.45) is 3.64. The van der Waals surface area contributed by atoms with Crippen molar-refractivity contribution in [2.45, 2.75) is 38.3 Å². The van der Waals surface area contributed by atoms with Gasteiger partial charge >= 0.3 is 0 Å². The third-order valence-corrected chi connectivity index (χ3v) is 4.60. The van der Waals surface area contributed by atoms with Crippen LogP contribution in [-0.4, -0.2) is 24.7 Å². The standard InChI is InChI=1S/C15H18BrNO2/c1-9-2-5-12(16)11(8-9)15(18)17-13-6-7-19-14(13)10-3-4-10/h2,5,8,10,13-14H,3-4,6-7H2,1H3,(H,17,18). The van der Waals surface area contributed by atoms with Crippen molar-refractivity contribution in [2.75, 3.05) is 6.61 Å². The minimum atomic E-state index is -0.00303. The van der Waals surface area contributed by atoms with Crippen LogP contribution >= 0.6 is 15.9 Å². The molecular formula is C15H18BrNO2. The quantitative estimate of drug-likeness (QED) is 0.928. The number of benzene rings is 1. The molecule has 0 radical (unpaired) electrons. The Morgan fingerprint density at radius 2 is 2.16 bits per heavy atom. The lowest BCUT2D eigenvalue weighted by molar-refractivity contribution is 0.0729. The molecule has 1 saturated heterocycles. The molecule has 2 unspecified atom stereocenters. The molecule has 19 heavy (non-hydrogen) atoms. The second-order valence-corrected chi connectivity index (χ2v) is 6.38. The lowest BCUT2D eigenvalue weighted by atomic mass is 10.1. The van der Waals surface area contributed by atoms with Crippen LogP contribution in [0, 0.1) is 12.8 Å². The molecule has 2 aliphatic rings. The largest absolute Gasteiger partial charge is 0.376 e. The highest BCUT2D eigenvalue weighted by atomic mass is 79.9. The maximum absolute atomic E-state index is 12.4. The molecule has 1 aliphatic heterocycles. The van der Waals surface area contributed by atoms with Crippen LogP contribution in [0.25, 0.3) is 0 Å². The molecule has 1 aromatic rings. The van der Waals surface area contributed by atoms with E-state index in [9.17, 15) is 4.79 Å². The lowest BCUT2D eigenvalue weighted by Gasteiger charge is -2.20. The van der Waals surface area contributed by atoms with Gasteiger partial charge in [0.2, 0.25) is 0 Å². The van der Waals surface area contributed by atoms with Crippen LogP contribution in [0.2, 0.25) is 0 Å². The third-order valence-electron chi connectivity index (χ3n) is 3.91. The number of amides is 1. The zero-order chi connectivity index (χ0) is 13.4. The Hall–Kier alpha value is -0.870. The molecule has 2 fully saturated rings. The summed E-state index contributed by atoms with van der Waals surface area (Å²) in [6, 6.07) is 6.01. The minimum Gasteiger partial charge on any atom is -0.376 e. The SMILES string of the molecule is Cc1ccc(Br)c(C(=O)NC2CCOC2C2CC2)c1. The molecule has 1 heterocycles. The highest BCUT2D eigenvalue weighted by Crippen LogP contribution is 2.38. The van der Waals surface area contributed by atoms with Gasteiger partial charge in [-0.25, -0.2) is 0 Å². The van der Waals surface area contributed by atoms with Crippen molar-refractivity contribution in [2.24, 2.45) is 5.92 Å². The Morgan fingerprint density at radius 3 is 2.89 bits per heavy atom. The zero-order valence-electron chi connectivity index (χ0n) is 11.0. The van der Waals surface area contributed by atoms with Crippen LogP contribution in [0.3, 0.4) is 0 Å². The summed E-state index contributed by atoms with van der Waals surface area (Å²) in [6.45, 7) is 2.76. The Balaban J connectivity index is 1.72.